The highest BCUT2D eigenvalue weighted by atomic mass is 79.9. The van der Waals surface area contributed by atoms with E-state index in [1.165, 1.54) is 0 Å². The number of hydrogen-bond acceptors (Lipinski definition) is 3. The lowest BCUT2D eigenvalue weighted by atomic mass is 10.1. The Balaban J connectivity index is 2.47. The van der Waals surface area contributed by atoms with Gasteiger partial charge in [-0.05, 0) is 19.2 Å². The summed E-state index contributed by atoms with van der Waals surface area (Å²) in [4.78, 5) is 24.9. The summed E-state index contributed by atoms with van der Waals surface area (Å²) in [5.41, 5.74) is 0.677. The third kappa shape index (κ3) is 4.98. The van der Waals surface area contributed by atoms with Crippen molar-refractivity contribution in [3.05, 3.63) is 34.3 Å². The molecule has 0 saturated carbocycles. The van der Waals surface area contributed by atoms with Gasteiger partial charge in [0.1, 0.15) is 0 Å². The zero-order chi connectivity index (χ0) is 13.5. The first-order chi connectivity index (χ1) is 8.52. The van der Waals surface area contributed by atoms with Crippen LogP contribution in [0.25, 0.3) is 0 Å². The number of carbonyl (C=O) groups is 2. The van der Waals surface area contributed by atoms with E-state index in [-0.39, 0.29) is 11.7 Å². The highest BCUT2D eigenvalue weighted by Crippen LogP contribution is 2.12. The van der Waals surface area contributed by atoms with E-state index in [0.29, 0.717) is 25.1 Å². The van der Waals surface area contributed by atoms with E-state index in [1.807, 2.05) is 24.1 Å². The van der Waals surface area contributed by atoms with Gasteiger partial charge in [-0.1, -0.05) is 28.1 Å². The van der Waals surface area contributed by atoms with Gasteiger partial charge in [0.05, 0.1) is 6.54 Å². The molecule has 1 aromatic rings. The SMILES string of the molecule is CNC(=O)CCN(C)CC(=O)c1cccc(Br)c1. The summed E-state index contributed by atoms with van der Waals surface area (Å²) in [7, 11) is 3.44. The number of carbonyl (C=O) groups excluding carboxylic acids is 2. The van der Waals surface area contributed by atoms with Crippen molar-refractivity contribution in [1.29, 1.82) is 0 Å². The summed E-state index contributed by atoms with van der Waals surface area (Å²) < 4.78 is 0.890. The minimum absolute atomic E-state index is 0.0169. The molecule has 0 aromatic heterocycles. The second kappa shape index (κ2) is 7.28. The summed E-state index contributed by atoms with van der Waals surface area (Å²) in [6.45, 7) is 0.882. The van der Waals surface area contributed by atoms with Crippen molar-refractivity contribution in [2.45, 2.75) is 6.42 Å². The Bertz CT molecular complexity index is 435. The van der Waals surface area contributed by atoms with Gasteiger partial charge in [-0.3, -0.25) is 14.5 Å². The first-order valence-corrected chi connectivity index (χ1v) is 6.50. The first-order valence-electron chi connectivity index (χ1n) is 5.71. The van der Waals surface area contributed by atoms with Crippen molar-refractivity contribution in [2.75, 3.05) is 27.2 Å². The lowest BCUT2D eigenvalue weighted by molar-refractivity contribution is -0.120. The zero-order valence-corrected chi connectivity index (χ0v) is 12.2. The van der Waals surface area contributed by atoms with Gasteiger partial charge in [-0.25, -0.2) is 0 Å². The quantitative estimate of drug-likeness (QED) is 0.813. The van der Waals surface area contributed by atoms with Crippen LogP contribution in [0, 0.1) is 0 Å². The summed E-state index contributed by atoms with van der Waals surface area (Å²) in [5.74, 6) is 0.0347. The van der Waals surface area contributed by atoms with Gasteiger partial charge in [-0.15, -0.1) is 0 Å². The fourth-order valence-corrected chi connectivity index (χ4v) is 1.89. The van der Waals surface area contributed by atoms with Crippen molar-refractivity contribution in [3.63, 3.8) is 0 Å². The smallest absolute Gasteiger partial charge is 0.221 e. The number of Topliss-reactive ketones (excluding diaryl/α,β-unsaturated/α-hetero) is 1. The summed E-state index contributed by atoms with van der Waals surface area (Å²) in [6.07, 6.45) is 0.402. The molecule has 0 aliphatic heterocycles. The Hall–Kier alpha value is -1.20. The second-order valence-electron chi connectivity index (χ2n) is 4.09. The van der Waals surface area contributed by atoms with Gasteiger partial charge in [0.15, 0.2) is 5.78 Å². The largest absolute Gasteiger partial charge is 0.359 e. The van der Waals surface area contributed by atoms with Crippen LogP contribution in [0.2, 0.25) is 0 Å². The van der Waals surface area contributed by atoms with Crippen molar-refractivity contribution in [1.82, 2.24) is 10.2 Å². The van der Waals surface area contributed by atoms with E-state index in [2.05, 4.69) is 21.2 Å². The van der Waals surface area contributed by atoms with E-state index < -0.39 is 0 Å². The van der Waals surface area contributed by atoms with E-state index in [9.17, 15) is 9.59 Å². The molecule has 1 rings (SSSR count). The molecule has 18 heavy (non-hydrogen) atoms. The Morgan fingerprint density at radius 2 is 2.11 bits per heavy atom. The number of rotatable bonds is 6. The lowest BCUT2D eigenvalue weighted by Gasteiger charge is -2.15. The average molecular weight is 313 g/mol. The topological polar surface area (TPSA) is 49.4 Å². The Labute approximate surface area is 115 Å². The molecular formula is C13H17BrN2O2. The number of hydrogen-bond donors (Lipinski definition) is 1. The third-order valence-electron chi connectivity index (χ3n) is 2.56. The van der Waals surface area contributed by atoms with Crippen molar-refractivity contribution in [2.24, 2.45) is 0 Å². The molecule has 0 radical (unpaired) electrons. The summed E-state index contributed by atoms with van der Waals surface area (Å²) in [5, 5.41) is 2.56. The maximum Gasteiger partial charge on any atom is 0.221 e. The fraction of sp³-hybridized carbons (Fsp3) is 0.385. The second-order valence-corrected chi connectivity index (χ2v) is 5.01. The van der Waals surface area contributed by atoms with Crippen molar-refractivity contribution < 1.29 is 9.59 Å². The van der Waals surface area contributed by atoms with E-state index in [1.54, 1.807) is 19.2 Å². The molecule has 4 nitrogen and oxygen atoms in total. The molecule has 1 amide bonds. The fourth-order valence-electron chi connectivity index (χ4n) is 1.49. The molecule has 0 atom stereocenters. The van der Waals surface area contributed by atoms with Gasteiger partial charge in [0.2, 0.25) is 5.91 Å². The number of nitrogens with zero attached hydrogens (tertiary/aromatic N) is 1. The van der Waals surface area contributed by atoms with Crippen molar-refractivity contribution >= 4 is 27.6 Å². The molecule has 5 heteroatoms. The Morgan fingerprint density at radius 3 is 2.72 bits per heavy atom. The molecule has 0 aliphatic rings. The standard InChI is InChI=1S/C13H17BrN2O2/c1-15-13(18)6-7-16(2)9-12(17)10-4-3-5-11(14)8-10/h3-5,8H,6-7,9H2,1-2H3,(H,15,18). The molecule has 98 valence electrons. The first kappa shape index (κ1) is 14.9. The van der Waals surface area contributed by atoms with E-state index in [4.69, 9.17) is 0 Å². The highest BCUT2D eigenvalue weighted by Gasteiger charge is 2.10. The minimum atomic E-state index is -0.0169. The molecule has 0 bridgehead atoms. The highest BCUT2D eigenvalue weighted by molar-refractivity contribution is 9.10. The van der Waals surface area contributed by atoms with Crippen LogP contribution in [0.15, 0.2) is 28.7 Å². The van der Waals surface area contributed by atoms with Crippen LogP contribution in [0.4, 0.5) is 0 Å². The van der Waals surface area contributed by atoms with Crippen LogP contribution in [0.1, 0.15) is 16.8 Å². The number of benzene rings is 1. The van der Waals surface area contributed by atoms with Gasteiger partial charge in [-0.2, -0.15) is 0 Å². The number of nitrogens with one attached hydrogen (secondary N) is 1. The van der Waals surface area contributed by atoms with Crippen LogP contribution in [0.5, 0.6) is 0 Å². The van der Waals surface area contributed by atoms with Crippen LogP contribution in [-0.2, 0) is 4.79 Å². The summed E-state index contributed by atoms with van der Waals surface area (Å²) >= 11 is 3.34. The Kier molecular flexibility index (Phi) is 6.01. The number of halogens is 1. The van der Waals surface area contributed by atoms with E-state index in [0.717, 1.165) is 4.47 Å². The Morgan fingerprint density at radius 1 is 1.39 bits per heavy atom. The number of ketones is 1. The van der Waals surface area contributed by atoms with E-state index >= 15 is 0 Å². The van der Waals surface area contributed by atoms with Crippen molar-refractivity contribution in [3.8, 4) is 0 Å². The molecule has 1 aromatic carbocycles. The average Bonchev–Trinajstić information content (AvgIpc) is 2.35. The van der Waals surface area contributed by atoms with Gasteiger partial charge >= 0.3 is 0 Å². The van der Waals surface area contributed by atoms with Crippen LogP contribution >= 0.6 is 15.9 Å². The van der Waals surface area contributed by atoms with Gasteiger partial charge in [0, 0.05) is 30.0 Å². The predicted octanol–water partition coefficient (Wildman–Crippen LogP) is 1.70. The van der Waals surface area contributed by atoms with Gasteiger partial charge in [0.25, 0.3) is 0 Å². The molecule has 1 N–H and O–H groups in total. The number of likely N-dealkylation sites (N-methyl/N-ethyl adjacent to an activating group) is 1. The minimum Gasteiger partial charge on any atom is -0.359 e. The lowest BCUT2D eigenvalue weighted by Crippen LogP contribution is -2.30. The monoisotopic (exact) mass is 312 g/mol. The molecular weight excluding hydrogens is 296 g/mol. The molecule has 0 spiro atoms. The molecule has 0 heterocycles. The van der Waals surface area contributed by atoms with Crippen LogP contribution in [-0.4, -0.2) is 43.8 Å². The maximum atomic E-state index is 12.0. The van der Waals surface area contributed by atoms with Crippen LogP contribution < -0.4 is 5.32 Å². The number of amides is 1. The predicted molar refractivity (Wildman–Crippen MR) is 74.7 cm³/mol. The normalized spacial score (nSPS) is 10.4. The molecule has 0 saturated heterocycles. The van der Waals surface area contributed by atoms with Gasteiger partial charge < -0.3 is 5.32 Å². The molecule has 0 fully saturated rings. The summed E-state index contributed by atoms with van der Waals surface area (Å²) in [6, 6.07) is 7.31. The maximum absolute atomic E-state index is 12.0. The third-order valence-corrected chi connectivity index (χ3v) is 3.05. The molecule has 0 unspecified atom stereocenters. The molecule has 0 aliphatic carbocycles. The zero-order valence-electron chi connectivity index (χ0n) is 10.6. The van der Waals surface area contributed by atoms with Crippen LogP contribution in [0.3, 0.4) is 0 Å².